The Balaban J connectivity index is 1.92. The normalized spacial score (nSPS) is 16.5. The van der Waals surface area contributed by atoms with Crippen LogP contribution in [0.1, 0.15) is 39.2 Å². The lowest BCUT2D eigenvalue weighted by Crippen LogP contribution is -2.43. The van der Waals surface area contributed by atoms with Crippen molar-refractivity contribution < 1.29 is 22.1 Å². The van der Waals surface area contributed by atoms with E-state index < -0.39 is 21.8 Å². The third-order valence-corrected chi connectivity index (χ3v) is 5.14. The largest absolute Gasteiger partial charge is 0.444 e. The molecule has 138 valence electrons. The molecule has 6 nitrogen and oxygen atoms in total. The number of ether oxygens (including phenoxy) is 1. The highest BCUT2D eigenvalue weighted by atomic mass is 32.2. The van der Waals surface area contributed by atoms with Gasteiger partial charge in [0, 0.05) is 13.1 Å². The maximum Gasteiger partial charge on any atom is 0.410 e. The standard InChI is InChI=1S/C18H25NO5S/c1-5-14-6-8-16(9-7-14)25(21,22)24-15-10-12-19(13-11-15)17(20)23-18(2,3)4/h5-9,15H,1,10-13H2,2-4H3. The molecule has 1 saturated heterocycles. The van der Waals surface area contributed by atoms with Gasteiger partial charge in [0.1, 0.15) is 5.60 Å². The van der Waals surface area contributed by atoms with E-state index in [1.807, 2.05) is 20.8 Å². The van der Waals surface area contributed by atoms with Gasteiger partial charge in [0.25, 0.3) is 10.1 Å². The van der Waals surface area contributed by atoms with E-state index in [-0.39, 0.29) is 11.0 Å². The molecule has 1 fully saturated rings. The van der Waals surface area contributed by atoms with Crippen LogP contribution in [0.5, 0.6) is 0 Å². The molecule has 0 atom stereocenters. The second-order valence-corrected chi connectivity index (χ2v) is 8.56. The number of likely N-dealkylation sites (tertiary alicyclic amines) is 1. The van der Waals surface area contributed by atoms with Gasteiger partial charge in [-0.25, -0.2) is 4.79 Å². The molecule has 1 aromatic carbocycles. The molecule has 7 heteroatoms. The molecular formula is C18H25NO5S. The first kappa shape index (κ1) is 19.5. The topological polar surface area (TPSA) is 72.9 Å². The summed E-state index contributed by atoms with van der Waals surface area (Å²) in [6, 6.07) is 6.35. The summed E-state index contributed by atoms with van der Waals surface area (Å²) in [6.07, 6.45) is 1.72. The summed E-state index contributed by atoms with van der Waals surface area (Å²) in [6.45, 7) is 9.88. The number of carbonyl (C=O) groups is 1. The minimum absolute atomic E-state index is 0.118. The Hall–Kier alpha value is -1.86. The molecule has 1 aromatic rings. The number of piperidine rings is 1. The van der Waals surface area contributed by atoms with Gasteiger partial charge in [-0.3, -0.25) is 4.18 Å². The highest BCUT2D eigenvalue weighted by molar-refractivity contribution is 7.86. The summed E-state index contributed by atoms with van der Waals surface area (Å²) in [5.74, 6) is 0. The van der Waals surface area contributed by atoms with Crippen molar-refractivity contribution >= 4 is 22.3 Å². The highest BCUT2D eigenvalue weighted by Crippen LogP contribution is 2.22. The van der Waals surface area contributed by atoms with Crippen LogP contribution in [-0.2, 0) is 19.0 Å². The Morgan fingerprint density at radius 3 is 2.24 bits per heavy atom. The Labute approximate surface area is 149 Å². The van der Waals surface area contributed by atoms with Crippen LogP contribution in [0.2, 0.25) is 0 Å². The average Bonchev–Trinajstić information content (AvgIpc) is 2.53. The van der Waals surface area contributed by atoms with Gasteiger partial charge >= 0.3 is 6.09 Å². The van der Waals surface area contributed by atoms with Crippen LogP contribution in [0.25, 0.3) is 6.08 Å². The third kappa shape index (κ3) is 5.57. The lowest BCUT2D eigenvalue weighted by Gasteiger charge is -2.33. The van der Waals surface area contributed by atoms with E-state index in [1.165, 1.54) is 12.1 Å². The highest BCUT2D eigenvalue weighted by Gasteiger charge is 2.30. The molecule has 1 amide bonds. The van der Waals surface area contributed by atoms with Crippen LogP contribution in [0.3, 0.4) is 0 Å². The number of carbonyl (C=O) groups excluding carboxylic acids is 1. The van der Waals surface area contributed by atoms with Gasteiger partial charge in [0.2, 0.25) is 0 Å². The molecule has 0 aromatic heterocycles. The zero-order valence-electron chi connectivity index (χ0n) is 14.9. The molecule has 0 N–H and O–H groups in total. The molecule has 2 rings (SSSR count). The Kier molecular flexibility index (Phi) is 5.90. The van der Waals surface area contributed by atoms with Crippen LogP contribution in [0, 0.1) is 0 Å². The Morgan fingerprint density at radius 2 is 1.76 bits per heavy atom. The van der Waals surface area contributed by atoms with Crippen molar-refractivity contribution in [2.45, 2.75) is 50.2 Å². The molecule has 0 unspecified atom stereocenters. The first-order chi connectivity index (χ1) is 11.6. The van der Waals surface area contributed by atoms with Gasteiger partial charge in [0.15, 0.2) is 0 Å². The van der Waals surface area contributed by atoms with Crippen molar-refractivity contribution in [3.8, 4) is 0 Å². The van der Waals surface area contributed by atoms with Gasteiger partial charge in [-0.1, -0.05) is 24.8 Å². The van der Waals surface area contributed by atoms with Crippen molar-refractivity contribution in [1.82, 2.24) is 4.90 Å². The first-order valence-electron chi connectivity index (χ1n) is 8.24. The van der Waals surface area contributed by atoms with Crippen LogP contribution in [0.15, 0.2) is 35.7 Å². The van der Waals surface area contributed by atoms with Crippen molar-refractivity contribution in [1.29, 1.82) is 0 Å². The monoisotopic (exact) mass is 367 g/mol. The fraction of sp³-hybridized carbons (Fsp3) is 0.500. The molecule has 0 aliphatic carbocycles. The SMILES string of the molecule is C=Cc1ccc(S(=O)(=O)OC2CCN(C(=O)OC(C)(C)C)CC2)cc1. The third-order valence-electron chi connectivity index (χ3n) is 3.76. The van der Waals surface area contributed by atoms with Crippen molar-refractivity contribution in [2.75, 3.05) is 13.1 Å². The maximum absolute atomic E-state index is 12.3. The van der Waals surface area contributed by atoms with Crippen molar-refractivity contribution in [3.05, 3.63) is 36.4 Å². The predicted molar refractivity (Wildman–Crippen MR) is 95.6 cm³/mol. The van der Waals surface area contributed by atoms with Crippen molar-refractivity contribution in [3.63, 3.8) is 0 Å². The summed E-state index contributed by atoms with van der Waals surface area (Å²) in [5, 5.41) is 0. The number of benzene rings is 1. The molecule has 0 spiro atoms. The van der Waals surface area contributed by atoms with E-state index in [9.17, 15) is 13.2 Å². The van der Waals surface area contributed by atoms with E-state index >= 15 is 0 Å². The van der Waals surface area contributed by atoms with Gasteiger partial charge in [0.05, 0.1) is 11.0 Å². The van der Waals surface area contributed by atoms with Crippen molar-refractivity contribution in [2.24, 2.45) is 0 Å². The summed E-state index contributed by atoms with van der Waals surface area (Å²) < 4.78 is 35.4. The quantitative estimate of drug-likeness (QED) is 0.762. The number of nitrogens with zero attached hydrogens (tertiary/aromatic N) is 1. The molecule has 1 aliphatic heterocycles. The predicted octanol–water partition coefficient (Wildman–Crippen LogP) is 3.43. The number of rotatable bonds is 4. The summed E-state index contributed by atoms with van der Waals surface area (Å²) in [4.78, 5) is 13.7. The van der Waals surface area contributed by atoms with Gasteiger partial charge in [-0.05, 0) is 51.3 Å². The lowest BCUT2D eigenvalue weighted by molar-refractivity contribution is 0.0133. The zero-order valence-corrected chi connectivity index (χ0v) is 15.7. The minimum Gasteiger partial charge on any atom is -0.444 e. The molecule has 0 bridgehead atoms. The minimum atomic E-state index is -3.82. The van der Waals surface area contributed by atoms with E-state index in [0.29, 0.717) is 25.9 Å². The van der Waals surface area contributed by atoms with Crippen LogP contribution in [0.4, 0.5) is 4.79 Å². The molecule has 0 saturated carbocycles. The summed E-state index contributed by atoms with van der Waals surface area (Å²) in [7, 11) is -3.82. The molecule has 0 radical (unpaired) electrons. The van der Waals surface area contributed by atoms with Gasteiger partial charge < -0.3 is 9.64 Å². The Morgan fingerprint density at radius 1 is 1.20 bits per heavy atom. The number of hydrogen-bond acceptors (Lipinski definition) is 5. The molecular weight excluding hydrogens is 342 g/mol. The van der Waals surface area contributed by atoms with E-state index in [1.54, 1.807) is 23.1 Å². The fourth-order valence-corrected chi connectivity index (χ4v) is 3.60. The Bertz CT molecular complexity index is 711. The van der Waals surface area contributed by atoms with Gasteiger partial charge in [-0.15, -0.1) is 0 Å². The fourth-order valence-electron chi connectivity index (χ4n) is 2.47. The number of hydrogen-bond donors (Lipinski definition) is 0. The van der Waals surface area contributed by atoms with Crippen LogP contribution < -0.4 is 0 Å². The van der Waals surface area contributed by atoms with E-state index in [4.69, 9.17) is 8.92 Å². The molecule has 1 heterocycles. The van der Waals surface area contributed by atoms with Crippen LogP contribution >= 0.6 is 0 Å². The smallest absolute Gasteiger partial charge is 0.410 e. The van der Waals surface area contributed by atoms with E-state index in [0.717, 1.165) is 5.56 Å². The first-order valence-corrected chi connectivity index (χ1v) is 9.65. The average molecular weight is 367 g/mol. The zero-order chi connectivity index (χ0) is 18.7. The van der Waals surface area contributed by atoms with E-state index in [2.05, 4.69) is 6.58 Å². The maximum atomic E-state index is 12.3. The second-order valence-electron chi connectivity index (χ2n) is 6.99. The summed E-state index contributed by atoms with van der Waals surface area (Å²) in [5.41, 5.74) is 0.287. The second kappa shape index (κ2) is 7.58. The van der Waals surface area contributed by atoms with Gasteiger partial charge in [-0.2, -0.15) is 8.42 Å². The summed E-state index contributed by atoms with van der Waals surface area (Å²) >= 11 is 0. The number of amides is 1. The van der Waals surface area contributed by atoms with Crippen LogP contribution in [-0.4, -0.2) is 44.2 Å². The lowest BCUT2D eigenvalue weighted by atomic mass is 10.1. The molecule has 25 heavy (non-hydrogen) atoms. The molecule has 1 aliphatic rings.